The quantitative estimate of drug-likeness (QED) is 0.843. The molecule has 1 rings (SSSR count). The summed E-state index contributed by atoms with van der Waals surface area (Å²) in [4.78, 5) is 13.0. The molecule has 1 N–H and O–H groups in total. The van der Waals surface area contributed by atoms with E-state index >= 15 is 0 Å². The second kappa shape index (κ2) is 7.11. The SMILES string of the molecule is CCC(NCCC(=O)N(C)C)c1ccc(F)cc1. The van der Waals surface area contributed by atoms with Crippen LogP contribution in [0.25, 0.3) is 0 Å². The molecule has 0 heterocycles. The van der Waals surface area contributed by atoms with Crippen molar-refractivity contribution in [1.29, 1.82) is 0 Å². The van der Waals surface area contributed by atoms with Gasteiger partial charge in [-0.05, 0) is 24.1 Å². The molecule has 4 heteroatoms. The van der Waals surface area contributed by atoms with Crippen LogP contribution in [0.4, 0.5) is 4.39 Å². The molecule has 1 atom stereocenters. The second-order valence-electron chi connectivity index (χ2n) is 4.50. The Hall–Kier alpha value is -1.42. The number of rotatable bonds is 6. The molecule has 0 spiro atoms. The fourth-order valence-corrected chi connectivity index (χ4v) is 1.77. The lowest BCUT2D eigenvalue weighted by atomic mass is 10.0. The number of halogens is 1. The molecule has 0 bridgehead atoms. The maximum absolute atomic E-state index is 12.8. The summed E-state index contributed by atoms with van der Waals surface area (Å²) in [7, 11) is 3.50. The molecular weight excluding hydrogens is 231 g/mol. The van der Waals surface area contributed by atoms with Crippen LogP contribution < -0.4 is 5.32 Å². The number of hydrogen-bond donors (Lipinski definition) is 1. The number of benzene rings is 1. The van der Waals surface area contributed by atoms with E-state index in [1.54, 1.807) is 31.1 Å². The first kappa shape index (κ1) is 14.6. The molecule has 0 aliphatic heterocycles. The molecule has 100 valence electrons. The molecule has 0 radical (unpaired) electrons. The number of nitrogens with one attached hydrogen (secondary N) is 1. The Morgan fingerprint density at radius 3 is 2.44 bits per heavy atom. The highest BCUT2D eigenvalue weighted by molar-refractivity contribution is 5.75. The van der Waals surface area contributed by atoms with E-state index < -0.39 is 0 Å². The van der Waals surface area contributed by atoms with Gasteiger partial charge in [-0.25, -0.2) is 4.39 Å². The minimum absolute atomic E-state index is 0.108. The van der Waals surface area contributed by atoms with Crippen LogP contribution in [0.2, 0.25) is 0 Å². The summed E-state index contributed by atoms with van der Waals surface area (Å²) in [5.41, 5.74) is 1.05. The van der Waals surface area contributed by atoms with Gasteiger partial charge in [0.1, 0.15) is 5.82 Å². The van der Waals surface area contributed by atoms with Gasteiger partial charge in [-0.2, -0.15) is 0 Å². The largest absolute Gasteiger partial charge is 0.349 e. The Morgan fingerprint density at radius 2 is 1.94 bits per heavy atom. The first-order valence-corrected chi connectivity index (χ1v) is 6.23. The maximum atomic E-state index is 12.8. The highest BCUT2D eigenvalue weighted by Gasteiger charge is 2.10. The summed E-state index contributed by atoms with van der Waals surface area (Å²) in [6, 6.07) is 6.66. The minimum atomic E-state index is -0.226. The third kappa shape index (κ3) is 4.45. The van der Waals surface area contributed by atoms with Gasteiger partial charge in [-0.15, -0.1) is 0 Å². The monoisotopic (exact) mass is 252 g/mol. The lowest BCUT2D eigenvalue weighted by Gasteiger charge is -2.18. The van der Waals surface area contributed by atoms with Gasteiger partial charge in [0.05, 0.1) is 0 Å². The normalized spacial score (nSPS) is 12.2. The van der Waals surface area contributed by atoms with Crippen molar-refractivity contribution in [1.82, 2.24) is 10.2 Å². The molecule has 0 aromatic heterocycles. The summed E-state index contributed by atoms with van der Waals surface area (Å²) in [6.45, 7) is 2.70. The Morgan fingerprint density at radius 1 is 1.33 bits per heavy atom. The molecular formula is C14H21FN2O. The maximum Gasteiger partial charge on any atom is 0.223 e. The van der Waals surface area contributed by atoms with E-state index in [0.717, 1.165) is 12.0 Å². The Labute approximate surface area is 108 Å². The molecule has 1 aromatic carbocycles. The molecule has 1 amide bonds. The number of amides is 1. The van der Waals surface area contributed by atoms with Gasteiger partial charge in [0, 0.05) is 33.1 Å². The van der Waals surface area contributed by atoms with E-state index in [9.17, 15) is 9.18 Å². The van der Waals surface area contributed by atoms with Crippen molar-refractivity contribution >= 4 is 5.91 Å². The van der Waals surface area contributed by atoms with Gasteiger partial charge < -0.3 is 10.2 Å². The van der Waals surface area contributed by atoms with Gasteiger partial charge in [0.15, 0.2) is 0 Å². The van der Waals surface area contributed by atoms with E-state index in [2.05, 4.69) is 12.2 Å². The van der Waals surface area contributed by atoms with Crippen molar-refractivity contribution in [3.8, 4) is 0 Å². The van der Waals surface area contributed by atoms with Crippen molar-refractivity contribution in [2.45, 2.75) is 25.8 Å². The predicted molar refractivity (Wildman–Crippen MR) is 70.7 cm³/mol. The number of hydrogen-bond acceptors (Lipinski definition) is 2. The summed E-state index contributed by atoms with van der Waals surface area (Å²) < 4.78 is 12.8. The second-order valence-corrected chi connectivity index (χ2v) is 4.50. The van der Waals surface area contributed by atoms with Crippen LogP contribution in [-0.2, 0) is 4.79 Å². The van der Waals surface area contributed by atoms with Crippen molar-refractivity contribution in [3.63, 3.8) is 0 Å². The predicted octanol–water partition coefficient (Wildman–Crippen LogP) is 2.34. The van der Waals surface area contributed by atoms with Crippen molar-refractivity contribution < 1.29 is 9.18 Å². The van der Waals surface area contributed by atoms with Gasteiger partial charge in [0.25, 0.3) is 0 Å². The summed E-state index contributed by atoms with van der Waals surface area (Å²) in [5.74, 6) is -0.118. The van der Waals surface area contributed by atoms with E-state index in [4.69, 9.17) is 0 Å². The van der Waals surface area contributed by atoms with Crippen LogP contribution >= 0.6 is 0 Å². The first-order valence-electron chi connectivity index (χ1n) is 6.23. The van der Waals surface area contributed by atoms with E-state index in [1.807, 2.05) is 0 Å². The number of carbonyl (C=O) groups excluding carboxylic acids is 1. The van der Waals surface area contributed by atoms with Crippen molar-refractivity contribution in [3.05, 3.63) is 35.6 Å². The summed E-state index contributed by atoms with van der Waals surface area (Å²) in [6.07, 6.45) is 1.38. The zero-order valence-corrected chi connectivity index (χ0v) is 11.2. The molecule has 18 heavy (non-hydrogen) atoms. The van der Waals surface area contributed by atoms with Crippen molar-refractivity contribution in [2.75, 3.05) is 20.6 Å². The van der Waals surface area contributed by atoms with E-state index in [1.165, 1.54) is 12.1 Å². The number of carbonyl (C=O) groups is 1. The standard InChI is InChI=1S/C14H21FN2O/c1-4-13(11-5-7-12(15)8-6-11)16-10-9-14(18)17(2)3/h5-8,13,16H,4,9-10H2,1-3H3. The zero-order valence-electron chi connectivity index (χ0n) is 11.2. The van der Waals surface area contributed by atoms with Crippen LogP contribution in [0.1, 0.15) is 31.4 Å². The molecule has 1 aromatic rings. The summed E-state index contributed by atoms with van der Waals surface area (Å²) >= 11 is 0. The van der Waals surface area contributed by atoms with Crippen LogP contribution in [0.15, 0.2) is 24.3 Å². The molecule has 0 saturated carbocycles. The van der Waals surface area contributed by atoms with Crippen LogP contribution in [0.5, 0.6) is 0 Å². The zero-order chi connectivity index (χ0) is 13.5. The van der Waals surface area contributed by atoms with Crippen LogP contribution in [-0.4, -0.2) is 31.4 Å². The number of nitrogens with zero attached hydrogens (tertiary/aromatic N) is 1. The van der Waals surface area contributed by atoms with Gasteiger partial charge >= 0.3 is 0 Å². The topological polar surface area (TPSA) is 32.3 Å². The third-order valence-corrected chi connectivity index (χ3v) is 2.91. The summed E-state index contributed by atoms with van der Waals surface area (Å²) in [5, 5.41) is 3.32. The molecule has 0 aliphatic carbocycles. The van der Waals surface area contributed by atoms with Crippen LogP contribution in [0.3, 0.4) is 0 Å². The molecule has 3 nitrogen and oxygen atoms in total. The highest BCUT2D eigenvalue weighted by atomic mass is 19.1. The molecule has 1 unspecified atom stereocenters. The van der Waals surface area contributed by atoms with E-state index in [-0.39, 0.29) is 17.8 Å². The fraction of sp³-hybridized carbons (Fsp3) is 0.500. The van der Waals surface area contributed by atoms with Crippen LogP contribution in [0, 0.1) is 5.82 Å². The smallest absolute Gasteiger partial charge is 0.223 e. The van der Waals surface area contributed by atoms with Crippen molar-refractivity contribution in [2.24, 2.45) is 0 Å². The van der Waals surface area contributed by atoms with Gasteiger partial charge in [-0.3, -0.25) is 4.79 Å². The van der Waals surface area contributed by atoms with Gasteiger partial charge in [-0.1, -0.05) is 19.1 Å². The Bertz CT molecular complexity index is 376. The molecule has 0 fully saturated rings. The molecule has 0 saturated heterocycles. The Balaban J connectivity index is 2.47. The Kier molecular flexibility index (Phi) is 5.78. The first-order chi connectivity index (χ1) is 8.54. The average Bonchev–Trinajstić information content (AvgIpc) is 2.35. The van der Waals surface area contributed by atoms with E-state index in [0.29, 0.717) is 13.0 Å². The average molecular weight is 252 g/mol. The minimum Gasteiger partial charge on any atom is -0.349 e. The highest BCUT2D eigenvalue weighted by Crippen LogP contribution is 2.16. The lowest BCUT2D eigenvalue weighted by Crippen LogP contribution is -2.28. The lowest BCUT2D eigenvalue weighted by molar-refractivity contribution is -0.128. The third-order valence-electron chi connectivity index (χ3n) is 2.91. The molecule has 0 aliphatic rings. The fourth-order valence-electron chi connectivity index (χ4n) is 1.77. The van der Waals surface area contributed by atoms with Gasteiger partial charge in [0.2, 0.25) is 5.91 Å².